The van der Waals surface area contributed by atoms with Crippen LogP contribution in [0.3, 0.4) is 0 Å². The minimum atomic E-state index is -1.15. The molecule has 0 unspecified atom stereocenters. The van der Waals surface area contributed by atoms with Crippen molar-refractivity contribution >= 4 is 17.9 Å². The number of aliphatic carboxylic acids is 1. The second-order valence-electron chi connectivity index (χ2n) is 3.64. The average molecular weight is 239 g/mol. The molecule has 0 saturated carbocycles. The predicted molar refractivity (Wildman–Crippen MR) is 62.6 cm³/mol. The van der Waals surface area contributed by atoms with Crippen molar-refractivity contribution in [1.82, 2.24) is 9.13 Å². The summed E-state index contributed by atoms with van der Waals surface area (Å²) in [7, 11) is 2.71. The van der Waals surface area contributed by atoms with Gasteiger partial charge in [0.2, 0.25) is 0 Å². The molecular weight excluding hydrogens is 226 g/mol. The Morgan fingerprint density at radius 1 is 1.29 bits per heavy atom. The van der Waals surface area contributed by atoms with Gasteiger partial charge in [-0.05, 0) is 13.0 Å². The van der Waals surface area contributed by atoms with Crippen LogP contribution in [0.1, 0.15) is 12.5 Å². The van der Waals surface area contributed by atoms with Crippen LogP contribution in [0, 0.1) is 0 Å². The number of carboxylic acid groups (broad SMARTS) is 1. The van der Waals surface area contributed by atoms with Gasteiger partial charge in [-0.1, -0.05) is 0 Å². The molecule has 3 N–H and O–H groups in total. The molecule has 1 aromatic heterocycles. The Hall–Kier alpha value is -2.31. The fraction of sp³-hybridized carbons (Fsp3) is 0.300. The highest BCUT2D eigenvalue weighted by Gasteiger charge is 2.12. The van der Waals surface area contributed by atoms with E-state index in [1.54, 1.807) is 0 Å². The molecule has 1 aromatic rings. The number of aromatic nitrogens is 2. The normalized spacial score (nSPS) is 11.6. The lowest BCUT2D eigenvalue weighted by Gasteiger charge is -2.09. The van der Waals surface area contributed by atoms with Gasteiger partial charge in [0.25, 0.3) is 5.56 Å². The minimum Gasteiger partial charge on any atom is -0.478 e. The Morgan fingerprint density at radius 2 is 1.82 bits per heavy atom. The molecule has 1 heterocycles. The molecule has 17 heavy (non-hydrogen) atoms. The van der Waals surface area contributed by atoms with Crippen molar-refractivity contribution in [3.8, 4) is 0 Å². The zero-order chi connectivity index (χ0) is 13.3. The first-order chi connectivity index (χ1) is 7.77. The van der Waals surface area contributed by atoms with Crippen LogP contribution in [0.4, 0.5) is 5.82 Å². The molecule has 0 aliphatic carbocycles. The van der Waals surface area contributed by atoms with Gasteiger partial charge in [-0.15, -0.1) is 0 Å². The summed E-state index contributed by atoms with van der Waals surface area (Å²) in [4.78, 5) is 33.9. The summed E-state index contributed by atoms with van der Waals surface area (Å²) in [5.41, 5.74) is 4.40. The van der Waals surface area contributed by atoms with Crippen molar-refractivity contribution < 1.29 is 9.90 Å². The molecule has 0 atom stereocenters. The highest BCUT2D eigenvalue weighted by atomic mass is 16.4. The van der Waals surface area contributed by atoms with Crippen molar-refractivity contribution in [3.05, 3.63) is 32.0 Å². The number of carboxylic acids is 1. The molecule has 1 rings (SSSR count). The fourth-order valence-electron chi connectivity index (χ4n) is 1.30. The summed E-state index contributed by atoms with van der Waals surface area (Å²) in [6, 6.07) is 0. The van der Waals surface area contributed by atoms with E-state index in [0.29, 0.717) is 0 Å². The zero-order valence-electron chi connectivity index (χ0n) is 9.72. The van der Waals surface area contributed by atoms with Crippen molar-refractivity contribution in [2.24, 2.45) is 14.1 Å². The minimum absolute atomic E-state index is 0.00509. The van der Waals surface area contributed by atoms with Gasteiger partial charge in [-0.2, -0.15) is 0 Å². The standard InChI is InChI=1S/C10H13N3O4/c1-5(9(15)16)4-6-7(11)12(2)10(17)13(3)8(6)14/h4H,11H2,1-3H3,(H,15,16)/b5-4+. The summed E-state index contributed by atoms with van der Waals surface area (Å²) in [6.07, 6.45) is 1.15. The van der Waals surface area contributed by atoms with Crippen LogP contribution < -0.4 is 17.0 Å². The summed E-state index contributed by atoms with van der Waals surface area (Å²) < 4.78 is 1.96. The maximum atomic E-state index is 11.8. The highest BCUT2D eigenvalue weighted by molar-refractivity contribution is 5.92. The average Bonchev–Trinajstić information content (AvgIpc) is 2.29. The first-order valence-corrected chi connectivity index (χ1v) is 4.74. The van der Waals surface area contributed by atoms with E-state index in [1.807, 2.05) is 0 Å². The second kappa shape index (κ2) is 4.28. The molecule has 7 heteroatoms. The fourth-order valence-corrected chi connectivity index (χ4v) is 1.30. The lowest BCUT2D eigenvalue weighted by molar-refractivity contribution is -0.132. The molecule has 0 amide bonds. The second-order valence-corrected chi connectivity index (χ2v) is 3.64. The van der Waals surface area contributed by atoms with Gasteiger partial charge in [-0.3, -0.25) is 13.9 Å². The third kappa shape index (κ3) is 2.12. The van der Waals surface area contributed by atoms with E-state index in [0.717, 1.165) is 15.2 Å². The predicted octanol–water partition coefficient (Wildman–Crippen LogP) is -0.846. The number of hydrogen-bond donors (Lipinski definition) is 2. The number of nitrogens with zero attached hydrogens (tertiary/aromatic N) is 2. The molecule has 0 aliphatic heterocycles. The van der Waals surface area contributed by atoms with Crippen molar-refractivity contribution in [2.45, 2.75) is 6.92 Å². The van der Waals surface area contributed by atoms with E-state index in [4.69, 9.17) is 10.8 Å². The SMILES string of the molecule is C/C(=C\c1c(N)n(C)c(=O)n(C)c1=O)C(=O)O. The zero-order valence-corrected chi connectivity index (χ0v) is 9.72. The van der Waals surface area contributed by atoms with E-state index < -0.39 is 17.2 Å². The number of nitrogen functional groups attached to an aromatic ring is 1. The smallest absolute Gasteiger partial charge is 0.332 e. The molecule has 0 saturated heterocycles. The highest BCUT2D eigenvalue weighted by Crippen LogP contribution is 2.08. The van der Waals surface area contributed by atoms with Gasteiger partial charge in [0.1, 0.15) is 5.82 Å². The maximum Gasteiger partial charge on any atom is 0.332 e. The van der Waals surface area contributed by atoms with E-state index >= 15 is 0 Å². The number of rotatable bonds is 2. The molecule has 92 valence electrons. The lowest BCUT2D eigenvalue weighted by Crippen LogP contribution is -2.39. The lowest BCUT2D eigenvalue weighted by atomic mass is 10.2. The van der Waals surface area contributed by atoms with Gasteiger partial charge >= 0.3 is 11.7 Å². The summed E-state index contributed by atoms with van der Waals surface area (Å²) in [6.45, 7) is 1.34. The maximum absolute atomic E-state index is 11.8. The van der Waals surface area contributed by atoms with Crippen LogP contribution in [0.15, 0.2) is 15.2 Å². The molecule has 0 bridgehead atoms. The molecule has 0 fully saturated rings. The topological polar surface area (TPSA) is 107 Å². The summed E-state index contributed by atoms with van der Waals surface area (Å²) in [5, 5.41) is 8.73. The third-order valence-electron chi connectivity index (χ3n) is 2.44. The molecule has 0 radical (unpaired) electrons. The number of nitrogens with two attached hydrogens (primary N) is 1. The van der Waals surface area contributed by atoms with E-state index in [9.17, 15) is 14.4 Å². The quantitative estimate of drug-likeness (QED) is 0.654. The summed E-state index contributed by atoms with van der Waals surface area (Å²) in [5.74, 6) is -1.21. The van der Waals surface area contributed by atoms with Crippen molar-refractivity contribution in [2.75, 3.05) is 5.73 Å². The van der Waals surface area contributed by atoms with E-state index in [2.05, 4.69) is 0 Å². The van der Waals surface area contributed by atoms with Gasteiger partial charge in [0.05, 0.1) is 5.56 Å². The van der Waals surface area contributed by atoms with Crippen LogP contribution in [0.2, 0.25) is 0 Å². The van der Waals surface area contributed by atoms with Gasteiger partial charge in [0, 0.05) is 19.7 Å². The Kier molecular flexibility index (Phi) is 3.21. The third-order valence-corrected chi connectivity index (χ3v) is 2.44. The van der Waals surface area contributed by atoms with Crippen LogP contribution in [-0.2, 0) is 18.9 Å². The van der Waals surface area contributed by atoms with Gasteiger partial charge in [0.15, 0.2) is 0 Å². The monoisotopic (exact) mass is 239 g/mol. The van der Waals surface area contributed by atoms with Crippen molar-refractivity contribution in [3.63, 3.8) is 0 Å². The Balaban J connectivity index is 3.68. The van der Waals surface area contributed by atoms with Gasteiger partial charge in [-0.25, -0.2) is 9.59 Å². The first kappa shape index (κ1) is 12.8. The molecule has 0 aromatic carbocycles. The van der Waals surface area contributed by atoms with E-state index in [-0.39, 0.29) is 17.0 Å². The first-order valence-electron chi connectivity index (χ1n) is 4.74. The molecular formula is C10H13N3O4. The van der Waals surface area contributed by atoms with Crippen LogP contribution in [0.25, 0.3) is 6.08 Å². The van der Waals surface area contributed by atoms with Crippen molar-refractivity contribution in [1.29, 1.82) is 0 Å². The van der Waals surface area contributed by atoms with Crippen LogP contribution >= 0.6 is 0 Å². The van der Waals surface area contributed by atoms with E-state index in [1.165, 1.54) is 21.0 Å². The van der Waals surface area contributed by atoms with Crippen LogP contribution in [0.5, 0.6) is 0 Å². The number of hydrogen-bond acceptors (Lipinski definition) is 4. The molecule has 7 nitrogen and oxygen atoms in total. The largest absolute Gasteiger partial charge is 0.478 e. The molecule has 0 aliphatic rings. The Labute approximate surface area is 96.4 Å². The van der Waals surface area contributed by atoms with Crippen LogP contribution in [-0.4, -0.2) is 20.2 Å². The summed E-state index contributed by atoms with van der Waals surface area (Å²) >= 11 is 0. The number of anilines is 1. The Morgan fingerprint density at radius 3 is 2.29 bits per heavy atom. The van der Waals surface area contributed by atoms with Gasteiger partial charge < -0.3 is 10.8 Å². The Bertz CT molecular complexity index is 622. The number of carbonyl (C=O) groups is 1. The molecule has 0 spiro atoms.